The Balaban J connectivity index is 2.03. The normalized spacial score (nSPS) is 11.3. The standard InChI is InChI=1S/C16H11BrN4/c17-9-7-12(18)15-14(8-9)20-16(21-15)11-5-6-19-13-4-2-1-3-10(11)13/h1-8H,18H2,(H,20,21). The lowest BCUT2D eigenvalue weighted by molar-refractivity contribution is 1.33. The molecule has 0 radical (unpaired) electrons. The highest BCUT2D eigenvalue weighted by atomic mass is 79.9. The van der Waals surface area contributed by atoms with Crippen LogP contribution in [0, 0.1) is 0 Å². The summed E-state index contributed by atoms with van der Waals surface area (Å²) in [5.74, 6) is 0.799. The number of aromatic amines is 1. The lowest BCUT2D eigenvalue weighted by Gasteiger charge is -2.02. The van der Waals surface area contributed by atoms with Crippen LogP contribution < -0.4 is 5.73 Å². The van der Waals surface area contributed by atoms with Crippen molar-refractivity contribution in [3.05, 3.63) is 53.1 Å². The first-order chi connectivity index (χ1) is 10.2. The fraction of sp³-hybridized carbons (Fsp3) is 0. The Morgan fingerprint density at radius 2 is 1.95 bits per heavy atom. The second-order valence-corrected chi connectivity index (χ2v) is 5.77. The Kier molecular flexibility index (Phi) is 2.68. The number of nitrogens with zero attached hydrogens (tertiary/aromatic N) is 2. The summed E-state index contributed by atoms with van der Waals surface area (Å²) in [5, 5.41) is 1.07. The third-order valence-electron chi connectivity index (χ3n) is 3.49. The molecule has 4 rings (SSSR count). The van der Waals surface area contributed by atoms with Gasteiger partial charge in [0.05, 0.1) is 16.7 Å². The molecule has 0 atom stereocenters. The molecule has 2 heterocycles. The molecule has 0 aliphatic carbocycles. The molecule has 2 aromatic heterocycles. The molecule has 2 aromatic carbocycles. The lowest BCUT2D eigenvalue weighted by Crippen LogP contribution is -1.87. The highest BCUT2D eigenvalue weighted by molar-refractivity contribution is 9.10. The number of aromatic nitrogens is 3. The number of para-hydroxylation sites is 1. The van der Waals surface area contributed by atoms with Crippen LogP contribution in [0.3, 0.4) is 0 Å². The minimum Gasteiger partial charge on any atom is -0.397 e. The van der Waals surface area contributed by atoms with E-state index in [0.717, 1.165) is 37.8 Å². The largest absolute Gasteiger partial charge is 0.397 e. The Bertz CT molecular complexity index is 969. The zero-order valence-corrected chi connectivity index (χ0v) is 12.6. The fourth-order valence-electron chi connectivity index (χ4n) is 2.54. The average molecular weight is 339 g/mol. The highest BCUT2D eigenvalue weighted by Crippen LogP contribution is 2.30. The van der Waals surface area contributed by atoms with Crippen molar-refractivity contribution in [2.24, 2.45) is 0 Å². The maximum absolute atomic E-state index is 6.04. The van der Waals surface area contributed by atoms with Crippen molar-refractivity contribution >= 4 is 43.6 Å². The molecule has 4 aromatic rings. The molecule has 0 bridgehead atoms. The molecule has 0 saturated carbocycles. The summed E-state index contributed by atoms with van der Waals surface area (Å²) in [6, 6.07) is 13.8. The maximum atomic E-state index is 6.04. The van der Waals surface area contributed by atoms with E-state index in [-0.39, 0.29) is 0 Å². The van der Waals surface area contributed by atoms with Crippen LogP contribution in [-0.4, -0.2) is 15.0 Å². The number of nitrogens with two attached hydrogens (primary N) is 1. The minimum atomic E-state index is 0.653. The van der Waals surface area contributed by atoms with Gasteiger partial charge >= 0.3 is 0 Å². The number of halogens is 1. The first kappa shape index (κ1) is 12.3. The van der Waals surface area contributed by atoms with E-state index in [1.54, 1.807) is 6.20 Å². The molecule has 0 fully saturated rings. The molecule has 4 nitrogen and oxygen atoms in total. The number of pyridine rings is 1. The van der Waals surface area contributed by atoms with Gasteiger partial charge in [-0.2, -0.15) is 0 Å². The van der Waals surface area contributed by atoms with E-state index in [0.29, 0.717) is 5.69 Å². The lowest BCUT2D eigenvalue weighted by atomic mass is 10.1. The summed E-state index contributed by atoms with van der Waals surface area (Å²) in [5.41, 5.74) is 10.4. The Morgan fingerprint density at radius 1 is 1.10 bits per heavy atom. The summed E-state index contributed by atoms with van der Waals surface area (Å²) >= 11 is 3.45. The number of hydrogen-bond acceptors (Lipinski definition) is 3. The first-order valence-electron chi connectivity index (χ1n) is 6.51. The summed E-state index contributed by atoms with van der Waals surface area (Å²) in [7, 11) is 0. The highest BCUT2D eigenvalue weighted by Gasteiger charge is 2.11. The smallest absolute Gasteiger partial charge is 0.139 e. The van der Waals surface area contributed by atoms with Crippen LogP contribution in [0.25, 0.3) is 33.3 Å². The van der Waals surface area contributed by atoms with E-state index in [1.165, 1.54) is 0 Å². The maximum Gasteiger partial charge on any atom is 0.139 e. The number of H-pyrrole nitrogens is 1. The summed E-state index contributed by atoms with van der Waals surface area (Å²) in [6.45, 7) is 0. The van der Waals surface area contributed by atoms with E-state index >= 15 is 0 Å². The zero-order valence-electron chi connectivity index (χ0n) is 11.0. The van der Waals surface area contributed by atoms with Crippen LogP contribution in [0.4, 0.5) is 5.69 Å². The molecule has 0 aliphatic heterocycles. The van der Waals surface area contributed by atoms with Gasteiger partial charge in [0.15, 0.2) is 0 Å². The van der Waals surface area contributed by atoms with Crippen LogP contribution in [-0.2, 0) is 0 Å². The van der Waals surface area contributed by atoms with Gasteiger partial charge in [-0.25, -0.2) is 4.98 Å². The second kappa shape index (κ2) is 4.56. The van der Waals surface area contributed by atoms with E-state index in [1.807, 2.05) is 42.5 Å². The molecule has 0 aliphatic rings. The molecular weight excluding hydrogens is 328 g/mol. The van der Waals surface area contributed by atoms with Gasteiger partial charge in [-0.3, -0.25) is 4.98 Å². The molecule has 0 unspecified atom stereocenters. The van der Waals surface area contributed by atoms with Gasteiger partial charge in [-0.15, -0.1) is 0 Å². The quantitative estimate of drug-likeness (QED) is 0.513. The Hall–Kier alpha value is -2.40. The van der Waals surface area contributed by atoms with Crippen LogP contribution in [0.1, 0.15) is 0 Å². The predicted octanol–water partition coefficient (Wildman–Crippen LogP) is 4.12. The van der Waals surface area contributed by atoms with Crippen molar-refractivity contribution in [2.45, 2.75) is 0 Å². The number of nitrogens with one attached hydrogen (secondary N) is 1. The average Bonchev–Trinajstić information content (AvgIpc) is 2.90. The topological polar surface area (TPSA) is 67.6 Å². The van der Waals surface area contributed by atoms with E-state index in [4.69, 9.17) is 5.73 Å². The van der Waals surface area contributed by atoms with Crippen molar-refractivity contribution in [3.8, 4) is 11.4 Å². The van der Waals surface area contributed by atoms with Gasteiger partial charge in [0.25, 0.3) is 0 Å². The number of benzene rings is 2. The summed E-state index contributed by atoms with van der Waals surface area (Å²) in [6.07, 6.45) is 1.80. The summed E-state index contributed by atoms with van der Waals surface area (Å²) in [4.78, 5) is 12.4. The van der Waals surface area contributed by atoms with Crippen LogP contribution in [0.2, 0.25) is 0 Å². The number of anilines is 1. The molecule has 5 heteroatoms. The Labute approximate surface area is 129 Å². The number of fused-ring (bicyclic) bond motifs is 2. The monoisotopic (exact) mass is 338 g/mol. The van der Waals surface area contributed by atoms with Crippen molar-refractivity contribution in [2.75, 3.05) is 5.73 Å². The SMILES string of the molecule is Nc1cc(Br)cc2[nH]c(-c3ccnc4ccccc34)nc12. The molecule has 21 heavy (non-hydrogen) atoms. The van der Waals surface area contributed by atoms with Crippen molar-refractivity contribution in [1.82, 2.24) is 15.0 Å². The van der Waals surface area contributed by atoms with E-state index in [9.17, 15) is 0 Å². The van der Waals surface area contributed by atoms with Gasteiger partial charge in [-0.05, 0) is 24.3 Å². The van der Waals surface area contributed by atoms with Gasteiger partial charge in [0.1, 0.15) is 11.3 Å². The third-order valence-corrected chi connectivity index (χ3v) is 3.94. The van der Waals surface area contributed by atoms with Crippen LogP contribution in [0.15, 0.2) is 53.1 Å². The first-order valence-corrected chi connectivity index (χ1v) is 7.30. The van der Waals surface area contributed by atoms with Crippen LogP contribution >= 0.6 is 15.9 Å². The van der Waals surface area contributed by atoms with E-state index in [2.05, 4.69) is 30.9 Å². The summed E-state index contributed by atoms with van der Waals surface area (Å²) < 4.78 is 0.933. The minimum absolute atomic E-state index is 0.653. The van der Waals surface area contributed by atoms with Gasteiger partial charge in [0.2, 0.25) is 0 Å². The number of imidazole rings is 1. The van der Waals surface area contributed by atoms with E-state index < -0.39 is 0 Å². The number of hydrogen-bond donors (Lipinski definition) is 2. The second-order valence-electron chi connectivity index (χ2n) is 4.85. The molecular formula is C16H11BrN4. The van der Waals surface area contributed by atoms with Crippen molar-refractivity contribution in [1.29, 1.82) is 0 Å². The van der Waals surface area contributed by atoms with Crippen molar-refractivity contribution in [3.63, 3.8) is 0 Å². The van der Waals surface area contributed by atoms with Crippen LogP contribution in [0.5, 0.6) is 0 Å². The number of nitrogen functional groups attached to an aromatic ring is 1. The zero-order chi connectivity index (χ0) is 14.4. The van der Waals surface area contributed by atoms with Crippen molar-refractivity contribution < 1.29 is 0 Å². The van der Waals surface area contributed by atoms with Gasteiger partial charge in [0, 0.05) is 21.6 Å². The Morgan fingerprint density at radius 3 is 2.86 bits per heavy atom. The molecule has 102 valence electrons. The molecule has 0 saturated heterocycles. The van der Waals surface area contributed by atoms with Gasteiger partial charge < -0.3 is 10.7 Å². The fourth-order valence-corrected chi connectivity index (χ4v) is 3.01. The molecule has 0 amide bonds. The number of rotatable bonds is 1. The molecule has 0 spiro atoms. The third kappa shape index (κ3) is 1.97. The molecule has 3 N–H and O–H groups in total. The van der Waals surface area contributed by atoms with Gasteiger partial charge in [-0.1, -0.05) is 34.1 Å². The predicted molar refractivity (Wildman–Crippen MR) is 88.9 cm³/mol.